The normalized spacial score (nSPS) is 13.8. The second-order valence-electron chi connectivity index (χ2n) is 5.35. The quantitative estimate of drug-likeness (QED) is 0.316. The Hall–Kier alpha value is -0.260. The molecule has 0 saturated heterocycles. The van der Waals surface area contributed by atoms with Crippen LogP contribution >= 0.6 is 0 Å². The monoisotopic (exact) mass is 224 g/mol. The molecule has 96 valence electrons. The number of hydrogen-bond donors (Lipinski definition) is 0. The van der Waals surface area contributed by atoms with Crippen LogP contribution in [-0.4, -0.2) is 0 Å². The minimum absolute atomic E-state index is 0.707. The van der Waals surface area contributed by atoms with Crippen molar-refractivity contribution in [3.63, 3.8) is 0 Å². The molecule has 0 aromatic heterocycles. The zero-order chi connectivity index (χ0) is 12.2. The molecule has 0 nitrogen and oxygen atoms in total. The molecule has 0 fully saturated rings. The summed E-state index contributed by atoms with van der Waals surface area (Å²) >= 11 is 0. The zero-order valence-electron chi connectivity index (χ0n) is 12.0. The molecule has 0 bridgehead atoms. The van der Waals surface area contributed by atoms with Crippen LogP contribution in [0.3, 0.4) is 0 Å². The van der Waals surface area contributed by atoms with Gasteiger partial charge >= 0.3 is 0 Å². The second-order valence-corrected chi connectivity index (χ2v) is 5.35. The van der Waals surface area contributed by atoms with E-state index in [-0.39, 0.29) is 0 Å². The molecule has 16 heavy (non-hydrogen) atoms. The smallest absolute Gasteiger partial charge is 0.0236 e. The van der Waals surface area contributed by atoms with E-state index in [2.05, 4.69) is 39.8 Å². The lowest BCUT2D eigenvalue weighted by atomic mass is 9.96. The van der Waals surface area contributed by atoms with Gasteiger partial charge in [-0.1, -0.05) is 78.4 Å². The third-order valence-corrected chi connectivity index (χ3v) is 3.22. The summed E-state index contributed by atoms with van der Waals surface area (Å²) in [6.45, 7) is 9.11. The molecule has 0 rings (SSSR count). The Morgan fingerprint density at radius 2 is 1.44 bits per heavy atom. The summed E-state index contributed by atoms with van der Waals surface area (Å²) in [7, 11) is 0. The van der Waals surface area contributed by atoms with Crippen molar-refractivity contribution in [2.75, 3.05) is 0 Å². The highest BCUT2D eigenvalue weighted by Gasteiger charge is 2.01. The Morgan fingerprint density at radius 3 is 2.00 bits per heavy atom. The largest absolute Gasteiger partial charge is 0.0857 e. The van der Waals surface area contributed by atoms with Crippen molar-refractivity contribution in [2.45, 2.75) is 79.1 Å². The van der Waals surface area contributed by atoms with Gasteiger partial charge in [0.25, 0.3) is 0 Å². The Morgan fingerprint density at radius 1 is 0.812 bits per heavy atom. The average Bonchev–Trinajstić information content (AvgIpc) is 2.27. The molecule has 0 radical (unpaired) electrons. The molecular weight excluding hydrogens is 192 g/mol. The van der Waals surface area contributed by atoms with Gasteiger partial charge in [-0.2, -0.15) is 0 Å². The predicted octanol–water partition coefficient (Wildman–Crippen LogP) is 5.98. The fraction of sp³-hybridized carbons (Fsp3) is 0.875. The summed E-state index contributed by atoms with van der Waals surface area (Å²) in [4.78, 5) is 0. The fourth-order valence-corrected chi connectivity index (χ4v) is 2.00. The number of rotatable bonds is 10. The van der Waals surface area contributed by atoms with E-state index in [9.17, 15) is 0 Å². The van der Waals surface area contributed by atoms with Crippen LogP contribution in [0.2, 0.25) is 0 Å². The maximum Gasteiger partial charge on any atom is -0.0236 e. The molecule has 0 aliphatic heterocycles. The van der Waals surface area contributed by atoms with Crippen LogP contribution in [0.5, 0.6) is 0 Å². The minimum atomic E-state index is 0.707. The van der Waals surface area contributed by atoms with Gasteiger partial charge in [-0.25, -0.2) is 0 Å². The summed E-state index contributed by atoms with van der Waals surface area (Å²) in [5.41, 5.74) is 0. The van der Waals surface area contributed by atoms with E-state index >= 15 is 0 Å². The van der Waals surface area contributed by atoms with E-state index in [4.69, 9.17) is 0 Å². The maximum absolute atomic E-state index is 2.44. The highest BCUT2D eigenvalue weighted by atomic mass is 14.1. The van der Waals surface area contributed by atoms with Gasteiger partial charge in [0.1, 0.15) is 0 Å². The van der Waals surface area contributed by atoms with Gasteiger partial charge in [-0.3, -0.25) is 0 Å². The second kappa shape index (κ2) is 11.2. The first-order chi connectivity index (χ1) is 7.70. The summed E-state index contributed by atoms with van der Waals surface area (Å²) < 4.78 is 0. The lowest BCUT2D eigenvalue weighted by Crippen LogP contribution is -1.95. The molecule has 0 aromatic rings. The predicted molar refractivity (Wildman–Crippen MR) is 75.8 cm³/mol. The first-order valence-corrected chi connectivity index (χ1v) is 7.39. The van der Waals surface area contributed by atoms with Crippen LogP contribution in [0.25, 0.3) is 0 Å². The van der Waals surface area contributed by atoms with Crippen molar-refractivity contribution < 1.29 is 0 Å². The standard InChI is InChI=1S/C16H32/c1-5-7-8-9-10-11-12-16(6-2)14-13-15(3)4/h13-16H,5-12H2,1-4H3. The van der Waals surface area contributed by atoms with Gasteiger partial charge in [0, 0.05) is 0 Å². The van der Waals surface area contributed by atoms with Crippen molar-refractivity contribution in [3.8, 4) is 0 Å². The maximum atomic E-state index is 2.44. The summed E-state index contributed by atoms with van der Waals surface area (Å²) in [6.07, 6.45) is 16.0. The van der Waals surface area contributed by atoms with E-state index in [1.165, 1.54) is 51.4 Å². The Balaban J connectivity index is 3.48. The first kappa shape index (κ1) is 15.7. The number of allylic oxidation sites excluding steroid dienone is 2. The molecule has 0 amide bonds. The molecule has 0 aromatic carbocycles. The third kappa shape index (κ3) is 10.3. The van der Waals surface area contributed by atoms with Gasteiger partial charge < -0.3 is 0 Å². The van der Waals surface area contributed by atoms with Gasteiger partial charge in [0.05, 0.1) is 0 Å². The molecule has 0 heteroatoms. The highest BCUT2D eigenvalue weighted by molar-refractivity contribution is 4.89. The van der Waals surface area contributed by atoms with Crippen molar-refractivity contribution in [3.05, 3.63) is 12.2 Å². The van der Waals surface area contributed by atoms with Crippen LogP contribution in [0.1, 0.15) is 79.1 Å². The molecule has 0 spiro atoms. The molecule has 1 unspecified atom stereocenters. The van der Waals surface area contributed by atoms with E-state index in [1.54, 1.807) is 0 Å². The lowest BCUT2D eigenvalue weighted by Gasteiger charge is -2.10. The first-order valence-electron chi connectivity index (χ1n) is 7.39. The van der Waals surface area contributed by atoms with Crippen molar-refractivity contribution >= 4 is 0 Å². The van der Waals surface area contributed by atoms with E-state index in [0.717, 1.165) is 5.92 Å². The van der Waals surface area contributed by atoms with Gasteiger partial charge in [0.2, 0.25) is 0 Å². The van der Waals surface area contributed by atoms with Crippen LogP contribution in [-0.2, 0) is 0 Å². The number of unbranched alkanes of at least 4 members (excludes halogenated alkanes) is 5. The van der Waals surface area contributed by atoms with E-state index in [0.29, 0.717) is 5.92 Å². The molecule has 0 heterocycles. The van der Waals surface area contributed by atoms with Crippen LogP contribution in [0.4, 0.5) is 0 Å². The van der Waals surface area contributed by atoms with Gasteiger partial charge in [-0.05, 0) is 24.7 Å². The summed E-state index contributed by atoms with van der Waals surface area (Å²) in [5, 5.41) is 0. The molecular formula is C16H32. The molecule has 1 atom stereocenters. The van der Waals surface area contributed by atoms with Crippen LogP contribution in [0.15, 0.2) is 12.2 Å². The fourth-order valence-electron chi connectivity index (χ4n) is 2.00. The Kier molecular flexibility index (Phi) is 11.0. The lowest BCUT2D eigenvalue weighted by molar-refractivity contribution is 0.507. The van der Waals surface area contributed by atoms with Crippen molar-refractivity contribution in [1.29, 1.82) is 0 Å². The highest BCUT2D eigenvalue weighted by Crippen LogP contribution is 2.17. The van der Waals surface area contributed by atoms with Crippen molar-refractivity contribution in [1.82, 2.24) is 0 Å². The summed E-state index contributed by atoms with van der Waals surface area (Å²) in [5.74, 6) is 1.53. The zero-order valence-corrected chi connectivity index (χ0v) is 12.0. The van der Waals surface area contributed by atoms with Gasteiger partial charge in [0.15, 0.2) is 0 Å². The van der Waals surface area contributed by atoms with Crippen LogP contribution < -0.4 is 0 Å². The Labute approximate surface area is 104 Å². The van der Waals surface area contributed by atoms with Crippen molar-refractivity contribution in [2.24, 2.45) is 11.8 Å². The van der Waals surface area contributed by atoms with Crippen LogP contribution in [0, 0.1) is 11.8 Å². The molecule has 0 aliphatic carbocycles. The van der Waals surface area contributed by atoms with Gasteiger partial charge in [-0.15, -0.1) is 0 Å². The number of hydrogen-bond acceptors (Lipinski definition) is 0. The summed E-state index contributed by atoms with van der Waals surface area (Å²) in [6, 6.07) is 0. The molecule has 0 saturated carbocycles. The van der Waals surface area contributed by atoms with E-state index < -0.39 is 0 Å². The minimum Gasteiger partial charge on any atom is -0.0857 e. The average molecular weight is 224 g/mol. The molecule has 0 N–H and O–H groups in total. The topological polar surface area (TPSA) is 0 Å². The molecule has 0 aliphatic rings. The third-order valence-electron chi connectivity index (χ3n) is 3.22. The SMILES string of the molecule is CCCCCCCCC(C=CC(C)C)CC. The van der Waals surface area contributed by atoms with E-state index in [1.807, 2.05) is 0 Å². The Bertz CT molecular complexity index is 155.